The Morgan fingerprint density at radius 2 is 1.82 bits per heavy atom. The Morgan fingerprint density at radius 1 is 1.12 bits per heavy atom. The van der Waals surface area contributed by atoms with Crippen molar-refractivity contribution in [3.05, 3.63) is 0 Å². The van der Waals surface area contributed by atoms with Gasteiger partial charge in [0.1, 0.15) is 0 Å². The van der Waals surface area contributed by atoms with E-state index in [0.29, 0.717) is 12.1 Å². The summed E-state index contributed by atoms with van der Waals surface area (Å²) in [5.74, 6) is 2.54. The van der Waals surface area contributed by atoms with Crippen LogP contribution in [0.25, 0.3) is 0 Å². The quantitative estimate of drug-likeness (QED) is 0.796. The van der Waals surface area contributed by atoms with Crippen LogP contribution in [0.3, 0.4) is 0 Å². The number of piperazine rings is 1. The van der Waals surface area contributed by atoms with Crippen LogP contribution in [0.15, 0.2) is 0 Å². The summed E-state index contributed by atoms with van der Waals surface area (Å²) in [5.41, 5.74) is 0. The molecule has 2 nitrogen and oxygen atoms in total. The fourth-order valence-electron chi connectivity index (χ4n) is 3.63. The summed E-state index contributed by atoms with van der Waals surface area (Å²) in [7, 11) is 0. The lowest BCUT2D eigenvalue weighted by Crippen LogP contribution is -2.60. The van der Waals surface area contributed by atoms with Gasteiger partial charge in [-0.2, -0.15) is 0 Å². The SMILES string of the molecule is CC(C)C1CN(C2CCC(C)C2C)C(C)CN1. The van der Waals surface area contributed by atoms with Crippen LogP contribution in [0.1, 0.15) is 47.5 Å². The van der Waals surface area contributed by atoms with Crippen LogP contribution in [0, 0.1) is 17.8 Å². The third kappa shape index (κ3) is 2.68. The van der Waals surface area contributed by atoms with Crippen molar-refractivity contribution in [2.24, 2.45) is 17.8 Å². The average molecular weight is 238 g/mol. The molecule has 0 spiro atoms. The van der Waals surface area contributed by atoms with E-state index in [1.807, 2.05) is 0 Å². The van der Waals surface area contributed by atoms with E-state index in [1.165, 1.54) is 25.9 Å². The largest absolute Gasteiger partial charge is 0.311 e. The first-order valence-corrected chi connectivity index (χ1v) is 7.49. The maximum Gasteiger partial charge on any atom is 0.0218 e. The van der Waals surface area contributed by atoms with Gasteiger partial charge in [0, 0.05) is 31.2 Å². The van der Waals surface area contributed by atoms with Gasteiger partial charge in [-0.05, 0) is 37.5 Å². The molecule has 2 rings (SSSR count). The van der Waals surface area contributed by atoms with Crippen LogP contribution in [0.2, 0.25) is 0 Å². The molecule has 1 saturated carbocycles. The van der Waals surface area contributed by atoms with Crippen molar-refractivity contribution in [3.63, 3.8) is 0 Å². The number of hydrogen-bond donors (Lipinski definition) is 1. The zero-order valence-corrected chi connectivity index (χ0v) is 12.2. The number of nitrogens with zero attached hydrogens (tertiary/aromatic N) is 1. The molecular weight excluding hydrogens is 208 g/mol. The van der Waals surface area contributed by atoms with E-state index in [1.54, 1.807) is 0 Å². The van der Waals surface area contributed by atoms with Crippen LogP contribution < -0.4 is 5.32 Å². The number of rotatable bonds is 2. The van der Waals surface area contributed by atoms with Crippen molar-refractivity contribution < 1.29 is 0 Å². The molecule has 5 atom stereocenters. The van der Waals surface area contributed by atoms with Gasteiger partial charge >= 0.3 is 0 Å². The first-order chi connectivity index (χ1) is 8.00. The van der Waals surface area contributed by atoms with Crippen LogP contribution in [-0.4, -0.2) is 36.1 Å². The minimum Gasteiger partial charge on any atom is -0.311 e. The van der Waals surface area contributed by atoms with E-state index in [0.717, 1.165) is 23.8 Å². The molecular formula is C15H30N2. The Kier molecular flexibility index (Phi) is 4.14. The maximum atomic E-state index is 3.71. The van der Waals surface area contributed by atoms with E-state index in [4.69, 9.17) is 0 Å². The molecule has 0 aromatic heterocycles. The van der Waals surface area contributed by atoms with Gasteiger partial charge in [0.15, 0.2) is 0 Å². The fourth-order valence-corrected chi connectivity index (χ4v) is 3.63. The van der Waals surface area contributed by atoms with E-state index >= 15 is 0 Å². The molecule has 2 aliphatic rings. The first-order valence-electron chi connectivity index (χ1n) is 7.49. The molecule has 1 heterocycles. The van der Waals surface area contributed by atoms with Crippen LogP contribution in [0.5, 0.6) is 0 Å². The number of nitrogens with one attached hydrogen (secondary N) is 1. The summed E-state index contributed by atoms with van der Waals surface area (Å²) in [5, 5.41) is 3.71. The molecule has 1 aliphatic carbocycles. The number of hydrogen-bond acceptors (Lipinski definition) is 2. The highest BCUT2D eigenvalue weighted by molar-refractivity contribution is 4.94. The first kappa shape index (κ1) is 13.4. The van der Waals surface area contributed by atoms with Crippen LogP contribution >= 0.6 is 0 Å². The average Bonchev–Trinajstić information content (AvgIpc) is 2.60. The molecule has 1 N–H and O–H groups in total. The van der Waals surface area contributed by atoms with Gasteiger partial charge in [0.25, 0.3) is 0 Å². The highest BCUT2D eigenvalue weighted by atomic mass is 15.3. The summed E-state index contributed by atoms with van der Waals surface area (Å²) < 4.78 is 0. The summed E-state index contributed by atoms with van der Waals surface area (Å²) in [6.45, 7) is 14.4. The van der Waals surface area contributed by atoms with Gasteiger partial charge < -0.3 is 5.32 Å². The lowest BCUT2D eigenvalue weighted by Gasteiger charge is -2.45. The predicted molar refractivity (Wildman–Crippen MR) is 74.1 cm³/mol. The van der Waals surface area contributed by atoms with Gasteiger partial charge in [0.2, 0.25) is 0 Å². The Hall–Kier alpha value is -0.0800. The van der Waals surface area contributed by atoms with E-state index in [9.17, 15) is 0 Å². The topological polar surface area (TPSA) is 15.3 Å². The molecule has 1 aliphatic heterocycles. The molecule has 1 saturated heterocycles. The van der Waals surface area contributed by atoms with Gasteiger partial charge in [-0.15, -0.1) is 0 Å². The normalized spacial score (nSPS) is 44.5. The highest BCUT2D eigenvalue weighted by Gasteiger charge is 2.38. The Bertz CT molecular complexity index is 251. The van der Waals surface area contributed by atoms with Crippen molar-refractivity contribution >= 4 is 0 Å². The lowest BCUT2D eigenvalue weighted by molar-refractivity contribution is 0.0590. The van der Waals surface area contributed by atoms with E-state index in [2.05, 4.69) is 44.8 Å². The fraction of sp³-hybridized carbons (Fsp3) is 1.00. The molecule has 2 heteroatoms. The molecule has 5 unspecified atom stereocenters. The molecule has 0 bridgehead atoms. The standard InChI is InChI=1S/C15H30N2/c1-10(2)14-9-17(12(4)8-16-14)15-7-6-11(3)13(15)5/h10-16H,6-9H2,1-5H3. The van der Waals surface area contributed by atoms with E-state index in [-0.39, 0.29) is 0 Å². The summed E-state index contributed by atoms with van der Waals surface area (Å²) in [4.78, 5) is 2.80. The zero-order chi connectivity index (χ0) is 12.6. The summed E-state index contributed by atoms with van der Waals surface area (Å²) >= 11 is 0. The second-order valence-electron chi connectivity index (χ2n) is 6.79. The predicted octanol–water partition coefficient (Wildman–Crippen LogP) is 2.74. The van der Waals surface area contributed by atoms with E-state index < -0.39 is 0 Å². The molecule has 100 valence electrons. The maximum absolute atomic E-state index is 3.71. The Balaban J connectivity index is 2.02. The van der Waals surface area contributed by atoms with Gasteiger partial charge in [-0.1, -0.05) is 27.7 Å². The second-order valence-corrected chi connectivity index (χ2v) is 6.79. The minimum absolute atomic E-state index is 0.689. The summed E-state index contributed by atoms with van der Waals surface area (Å²) in [6.07, 6.45) is 2.84. The van der Waals surface area contributed by atoms with Crippen LogP contribution in [0.4, 0.5) is 0 Å². The van der Waals surface area contributed by atoms with Gasteiger partial charge in [0.05, 0.1) is 0 Å². The van der Waals surface area contributed by atoms with Crippen molar-refractivity contribution in [3.8, 4) is 0 Å². The van der Waals surface area contributed by atoms with Crippen molar-refractivity contribution in [2.75, 3.05) is 13.1 Å². The van der Waals surface area contributed by atoms with Gasteiger partial charge in [-0.25, -0.2) is 0 Å². The smallest absolute Gasteiger partial charge is 0.0218 e. The Labute approximate surface area is 107 Å². The van der Waals surface area contributed by atoms with Crippen molar-refractivity contribution in [1.29, 1.82) is 0 Å². The molecule has 0 amide bonds. The van der Waals surface area contributed by atoms with Crippen molar-refractivity contribution in [1.82, 2.24) is 10.2 Å². The molecule has 0 aromatic rings. The van der Waals surface area contributed by atoms with Gasteiger partial charge in [-0.3, -0.25) is 4.90 Å². The monoisotopic (exact) mass is 238 g/mol. The molecule has 0 aromatic carbocycles. The lowest BCUT2D eigenvalue weighted by atomic mass is 9.93. The summed E-state index contributed by atoms with van der Waals surface area (Å²) in [6, 6.07) is 2.24. The Morgan fingerprint density at radius 3 is 2.35 bits per heavy atom. The third-order valence-corrected chi connectivity index (χ3v) is 5.30. The van der Waals surface area contributed by atoms with Crippen molar-refractivity contribution in [2.45, 2.75) is 65.6 Å². The zero-order valence-electron chi connectivity index (χ0n) is 12.2. The highest BCUT2D eigenvalue weighted by Crippen LogP contribution is 2.36. The van der Waals surface area contributed by atoms with Crippen LogP contribution in [-0.2, 0) is 0 Å². The molecule has 17 heavy (non-hydrogen) atoms. The molecule has 0 radical (unpaired) electrons. The second kappa shape index (κ2) is 5.27. The molecule has 2 fully saturated rings. The minimum atomic E-state index is 0.689. The third-order valence-electron chi connectivity index (χ3n) is 5.30.